The normalized spacial score (nSPS) is 11.5. The van der Waals surface area contributed by atoms with Crippen LogP contribution in [0.2, 0.25) is 0 Å². The largest absolute Gasteiger partial charge is 0.490 e. The summed E-state index contributed by atoms with van der Waals surface area (Å²) in [5, 5.41) is 2.82. The van der Waals surface area contributed by atoms with Crippen molar-refractivity contribution in [3.05, 3.63) is 58.1 Å². The van der Waals surface area contributed by atoms with Crippen LogP contribution in [0.1, 0.15) is 45.2 Å². The van der Waals surface area contributed by atoms with Crippen LogP contribution < -0.4 is 14.8 Å². The number of aryl methyl sites for hydroxylation is 1. The minimum absolute atomic E-state index is 0.0708. The molecule has 1 atom stereocenters. The topological polar surface area (TPSA) is 67.9 Å². The summed E-state index contributed by atoms with van der Waals surface area (Å²) in [5.74, 6) is 1.16. The summed E-state index contributed by atoms with van der Waals surface area (Å²) < 4.78 is 12.3. The van der Waals surface area contributed by atoms with Gasteiger partial charge in [-0.1, -0.05) is 34.1 Å². The number of benzene rings is 2. The summed E-state index contributed by atoms with van der Waals surface area (Å²) in [5.41, 5.74) is 1.96. The van der Waals surface area contributed by atoms with Crippen molar-refractivity contribution < 1.29 is 19.1 Å². The summed E-state index contributed by atoms with van der Waals surface area (Å²) in [6.07, 6.45) is 0.837. The van der Waals surface area contributed by atoms with Crippen molar-refractivity contribution in [3.8, 4) is 11.5 Å². The number of amides is 2. The van der Waals surface area contributed by atoms with Crippen LogP contribution in [0.4, 0.5) is 0 Å². The number of halogens is 1. The van der Waals surface area contributed by atoms with Gasteiger partial charge in [0.2, 0.25) is 11.8 Å². The third kappa shape index (κ3) is 7.55. The van der Waals surface area contributed by atoms with Crippen LogP contribution in [-0.2, 0) is 22.6 Å². The van der Waals surface area contributed by atoms with E-state index in [0.29, 0.717) is 50.6 Å². The van der Waals surface area contributed by atoms with E-state index in [1.807, 2.05) is 63.2 Å². The zero-order valence-corrected chi connectivity index (χ0v) is 20.9. The molecule has 0 saturated carbocycles. The van der Waals surface area contributed by atoms with Gasteiger partial charge in [0.25, 0.3) is 0 Å². The van der Waals surface area contributed by atoms with Crippen LogP contribution in [0.3, 0.4) is 0 Å². The monoisotopic (exact) mass is 504 g/mol. The Morgan fingerprint density at radius 1 is 0.969 bits per heavy atom. The van der Waals surface area contributed by atoms with Crippen molar-refractivity contribution in [2.45, 2.75) is 53.1 Å². The molecular weight excluding hydrogens is 472 g/mol. The molecule has 0 spiro atoms. The highest BCUT2D eigenvalue weighted by Crippen LogP contribution is 2.29. The maximum Gasteiger partial charge on any atom is 0.242 e. The first kappa shape index (κ1) is 25.7. The highest BCUT2D eigenvalue weighted by Gasteiger charge is 2.25. The summed E-state index contributed by atoms with van der Waals surface area (Å²) in [6.45, 7) is 9.48. The Morgan fingerprint density at radius 3 is 2.22 bits per heavy atom. The van der Waals surface area contributed by atoms with E-state index < -0.39 is 6.04 Å². The van der Waals surface area contributed by atoms with E-state index in [1.54, 1.807) is 11.8 Å². The zero-order valence-electron chi connectivity index (χ0n) is 19.3. The van der Waals surface area contributed by atoms with Gasteiger partial charge in [0, 0.05) is 24.0 Å². The van der Waals surface area contributed by atoms with E-state index in [0.717, 1.165) is 15.6 Å². The molecule has 7 heteroatoms. The molecule has 32 heavy (non-hydrogen) atoms. The Balaban J connectivity index is 2.15. The van der Waals surface area contributed by atoms with E-state index in [1.165, 1.54) is 0 Å². The summed E-state index contributed by atoms with van der Waals surface area (Å²) in [7, 11) is 0. The minimum Gasteiger partial charge on any atom is -0.490 e. The van der Waals surface area contributed by atoms with E-state index >= 15 is 0 Å². The van der Waals surface area contributed by atoms with Crippen LogP contribution in [0, 0.1) is 0 Å². The molecule has 0 saturated heterocycles. The van der Waals surface area contributed by atoms with Gasteiger partial charge in [0.05, 0.1) is 13.2 Å². The van der Waals surface area contributed by atoms with Crippen LogP contribution in [0.25, 0.3) is 0 Å². The second-order valence-electron chi connectivity index (χ2n) is 7.37. The number of ether oxygens (including phenoxy) is 2. The van der Waals surface area contributed by atoms with Gasteiger partial charge in [0.15, 0.2) is 11.5 Å². The maximum atomic E-state index is 13.2. The minimum atomic E-state index is -0.564. The number of nitrogens with one attached hydrogen (secondary N) is 1. The van der Waals surface area contributed by atoms with E-state index in [4.69, 9.17) is 9.47 Å². The summed E-state index contributed by atoms with van der Waals surface area (Å²) in [6, 6.07) is 13.0. The first-order valence-corrected chi connectivity index (χ1v) is 11.9. The number of nitrogens with zero attached hydrogens (tertiary/aromatic N) is 1. The molecular formula is C25H33BrN2O4. The van der Waals surface area contributed by atoms with Crippen molar-refractivity contribution in [3.63, 3.8) is 0 Å². The number of hydrogen-bond acceptors (Lipinski definition) is 4. The number of carbonyl (C=O) groups excluding carboxylic acids is 2. The lowest BCUT2D eigenvalue weighted by Crippen LogP contribution is -2.47. The predicted molar refractivity (Wildman–Crippen MR) is 130 cm³/mol. The summed E-state index contributed by atoms with van der Waals surface area (Å²) >= 11 is 3.43. The number of hydrogen-bond donors (Lipinski definition) is 1. The van der Waals surface area contributed by atoms with Crippen molar-refractivity contribution in [1.82, 2.24) is 10.2 Å². The fraction of sp³-hybridized carbons (Fsp3) is 0.440. The molecule has 2 amide bonds. The molecule has 0 fully saturated rings. The third-order valence-corrected chi connectivity index (χ3v) is 5.55. The summed E-state index contributed by atoms with van der Waals surface area (Å²) in [4.78, 5) is 27.3. The lowest BCUT2D eigenvalue weighted by molar-refractivity contribution is -0.140. The molecule has 0 bridgehead atoms. The molecule has 1 N–H and O–H groups in total. The average molecular weight is 505 g/mol. The fourth-order valence-corrected chi connectivity index (χ4v) is 3.60. The zero-order chi connectivity index (χ0) is 23.5. The molecule has 2 aromatic rings. The molecule has 0 aliphatic heterocycles. The number of rotatable bonds is 12. The Labute approximate surface area is 199 Å². The van der Waals surface area contributed by atoms with Gasteiger partial charge in [0.1, 0.15) is 6.04 Å². The molecule has 6 nitrogen and oxygen atoms in total. The van der Waals surface area contributed by atoms with Crippen molar-refractivity contribution in [2.24, 2.45) is 0 Å². The van der Waals surface area contributed by atoms with Crippen LogP contribution in [-0.4, -0.2) is 42.5 Å². The first-order chi connectivity index (χ1) is 15.4. The van der Waals surface area contributed by atoms with E-state index in [-0.39, 0.29) is 11.8 Å². The highest BCUT2D eigenvalue weighted by molar-refractivity contribution is 9.10. The van der Waals surface area contributed by atoms with Crippen molar-refractivity contribution >= 4 is 27.7 Å². The lowest BCUT2D eigenvalue weighted by atomic mass is 10.1. The van der Waals surface area contributed by atoms with Gasteiger partial charge >= 0.3 is 0 Å². The second kappa shape index (κ2) is 13.1. The van der Waals surface area contributed by atoms with Gasteiger partial charge in [-0.3, -0.25) is 9.59 Å². The maximum absolute atomic E-state index is 13.2. The molecule has 174 valence electrons. The Bertz CT molecular complexity index is 886. The Morgan fingerprint density at radius 2 is 1.59 bits per heavy atom. The molecule has 0 heterocycles. The third-order valence-electron chi connectivity index (χ3n) is 5.02. The quantitative estimate of drug-likeness (QED) is 0.453. The SMILES string of the molecule is CCNC(=O)C(C)N(Cc1ccc(Br)cc1)C(=O)CCc1ccc(OCC)c(OCC)c1. The standard InChI is InChI=1S/C25H33BrN2O4/c1-5-27-25(30)18(4)28(17-20-8-12-21(26)13-9-20)24(29)15-11-19-10-14-22(31-6-2)23(16-19)32-7-3/h8-10,12-14,16,18H,5-7,11,15,17H2,1-4H3,(H,27,30). The average Bonchev–Trinajstić information content (AvgIpc) is 2.78. The van der Waals surface area contributed by atoms with Crippen molar-refractivity contribution in [1.29, 1.82) is 0 Å². The van der Waals surface area contributed by atoms with E-state index in [9.17, 15) is 9.59 Å². The highest BCUT2D eigenvalue weighted by atomic mass is 79.9. The molecule has 0 aliphatic carbocycles. The van der Waals surface area contributed by atoms with Gasteiger partial charge in [-0.15, -0.1) is 0 Å². The van der Waals surface area contributed by atoms with Gasteiger partial charge in [-0.2, -0.15) is 0 Å². The molecule has 0 radical (unpaired) electrons. The number of carbonyl (C=O) groups is 2. The number of likely N-dealkylation sites (N-methyl/N-ethyl adjacent to an activating group) is 1. The second-order valence-corrected chi connectivity index (χ2v) is 8.28. The smallest absolute Gasteiger partial charge is 0.242 e. The molecule has 0 aromatic heterocycles. The fourth-order valence-electron chi connectivity index (χ4n) is 3.34. The van der Waals surface area contributed by atoms with Gasteiger partial charge in [-0.05, 0) is 69.5 Å². The van der Waals surface area contributed by atoms with Crippen molar-refractivity contribution in [2.75, 3.05) is 19.8 Å². The first-order valence-electron chi connectivity index (χ1n) is 11.1. The molecule has 2 aromatic carbocycles. The van der Waals surface area contributed by atoms with E-state index in [2.05, 4.69) is 21.2 Å². The van der Waals surface area contributed by atoms with Crippen LogP contribution in [0.15, 0.2) is 46.9 Å². The predicted octanol–water partition coefficient (Wildman–Crippen LogP) is 4.73. The Kier molecular flexibility index (Phi) is 10.5. The van der Waals surface area contributed by atoms with Crippen LogP contribution in [0.5, 0.6) is 11.5 Å². The lowest BCUT2D eigenvalue weighted by Gasteiger charge is -2.29. The molecule has 2 rings (SSSR count). The Hall–Kier alpha value is -2.54. The van der Waals surface area contributed by atoms with Crippen LogP contribution >= 0.6 is 15.9 Å². The van der Waals surface area contributed by atoms with Gasteiger partial charge in [-0.25, -0.2) is 0 Å². The van der Waals surface area contributed by atoms with Gasteiger partial charge < -0.3 is 19.7 Å². The molecule has 1 unspecified atom stereocenters. The molecule has 0 aliphatic rings.